The summed E-state index contributed by atoms with van der Waals surface area (Å²) in [6, 6.07) is 0.190. The molecule has 0 aromatic carbocycles. The average Bonchev–Trinajstić information content (AvgIpc) is 2.85. The van der Waals surface area contributed by atoms with E-state index in [4.69, 9.17) is 10.6 Å². The molecule has 1 aliphatic carbocycles. The number of rotatable bonds is 6. The third kappa shape index (κ3) is 3.40. The lowest BCUT2D eigenvalue weighted by molar-refractivity contribution is -0.0809. The Morgan fingerprint density at radius 2 is 2.45 bits per heavy atom. The average molecular weight is 280 g/mol. The van der Waals surface area contributed by atoms with Gasteiger partial charge in [0.25, 0.3) is 0 Å². The molecule has 0 saturated heterocycles. The summed E-state index contributed by atoms with van der Waals surface area (Å²) in [5.41, 5.74) is 4.15. The Kier molecular flexibility index (Phi) is 5.18. The lowest BCUT2D eigenvalue weighted by Crippen LogP contribution is -2.56. The van der Waals surface area contributed by atoms with Gasteiger partial charge in [0.05, 0.1) is 17.8 Å². The molecule has 5 nitrogen and oxygen atoms in total. The van der Waals surface area contributed by atoms with Gasteiger partial charge in [-0.2, -0.15) is 5.10 Å². The van der Waals surface area contributed by atoms with Crippen LogP contribution >= 0.6 is 0 Å². The minimum atomic E-state index is -0.116. The molecule has 3 unspecified atom stereocenters. The van der Waals surface area contributed by atoms with Crippen molar-refractivity contribution < 1.29 is 4.74 Å². The maximum atomic E-state index is 5.93. The predicted octanol–water partition coefficient (Wildman–Crippen LogP) is 1.78. The third-order valence-corrected chi connectivity index (χ3v) is 4.71. The van der Waals surface area contributed by atoms with Gasteiger partial charge in [-0.05, 0) is 37.2 Å². The Hall–Kier alpha value is -0.910. The van der Waals surface area contributed by atoms with Crippen LogP contribution in [0.15, 0.2) is 12.4 Å². The van der Waals surface area contributed by atoms with Crippen LogP contribution < -0.4 is 11.3 Å². The van der Waals surface area contributed by atoms with Crippen LogP contribution in [0.1, 0.15) is 44.6 Å². The monoisotopic (exact) mass is 280 g/mol. The highest BCUT2D eigenvalue weighted by atomic mass is 16.5. The van der Waals surface area contributed by atoms with Crippen molar-refractivity contribution >= 4 is 0 Å². The first-order chi connectivity index (χ1) is 9.59. The van der Waals surface area contributed by atoms with Gasteiger partial charge in [0.15, 0.2) is 0 Å². The smallest absolute Gasteiger partial charge is 0.0847 e. The summed E-state index contributed by atoms with van der Waals surface area (Å²) in [7, 11) is 3.77. The third-order valence-electron chi connectivity index (χ3n) is 4.71. The van der Waals surface area contributed by atoms with E-state index < -0.39 is 0 Å². The number of methoxy groups -OCH3 is 1. The van der Waals surface area contributed by atoms with Gasteiger partial charge >= 0.3 is 0 Å². The zero-order valence-electron chi connectivity index (χ0n) is 12.9. The van der Waals surface area contributed by atoms with Crippen LogP contribution in [0.2, 0.25) is 0 Å². The molecule has 1 aliphatic rings. The maximum Gasteiger partial charge on any atom is 0.0847 e. The minimum Gasteiger partial charge on any atom is -0.377 e. The number of nitrogens with one attached hydrogen (secondary N) is 1. The summed E-state index contributed by atoms with van der Waals surface area (Å²) in [5.74, 6) is 6.53. The van der Waals surface area contributed by atoms with E-state index >= 15 is 0 Å². The molecule has 1 aromatic heterocycles. The van der Waals surface area contributed by atoms with Crippen LogP contribution in [0.3, 0.4) is 0 Å². The Labute approximate surface area is 121 Å². The molecule has 0 radical (unpaired) electrons. The van der Waals surface area contributed by atoms with E-state index in [0.717, 1.165) is 25.7 Å². The molecule has 5 heteroatoms. The SMILES string of the molecule is COC1(C(CCc2cnn(C)c2)NN)CCCC(C)C1. The van der Waals surface area contributed by atoms with Crippen LogP contribution in [0.25, 0.3) is 0 Å². The Bertz CT molecular complexity index is 420. The topological polar surface area (TPSA) is 65.1 Å². The summed E-state index contributed by atoms with van der Waals surface area (Å²) in [6.07, 6.45) is 10.6. The summed E-state index contributed by atoms with van der Waals surface area (Å²) in [5, 5.41) is 4.22. The second-order valence-corrected chi connectivity index (χ2v) is 6.25. The predicted molar refractivity (Wildman–Crippen MR) is 80.0 cm³/mol. The van der Waals surface area contributed by atoms with Crippen LogP contribution in [-0.2, 0) is 18.2 Å². The highest BCUT2D eigenvalue weighted by molar-refractivity contribution is 5.06. The van der Waals surface area contributed by atoms with E-state index in [1.54, 1.807) is 0 Å². The van der Waals surface area contributed by atoms with E-state index in [2.05, 4.69) is 23.6 Å². The molecule has 3 N–H and O–H groups in total. The number of aromatic nitrogens is 2. The fourth-order valence-electron chi connectivity index (χ4n) is 3.60. The van der Waals surface area contributed by atoms with E-state index in [1.807, 2.05) is 25.0 Å². The largest absolute Gasteiger partial charge is 0.377 e. The molecular formula is C15H28N4O. The molecular weight excluding hydrogens is 252 g/mol. The van der Waals surface area contributed by atoms with E-state index in [0.29, 0.717) is 5.92 Å². The molecule has 1 fully saturated rings. The zero-order chi connectivity index (χ0) is 14.6. The van der Waals surface area contributed by atoms with Crippen LogP contribution in [0, 0.1) is 5.92 Å². The molecule has 0 spiro atoms. The van der Waals surface area contributed by atoms with Gasteiger partial charge < -0.3 is 4.74 Å². The molecule has 0 amide bonds. The molecule has 0 aliphatic heterocycles. The highest BCUT2D eigenvalue weighted by Crippen LogP contribution is 2.38. The van der Waals surface area contributed by atoms with Gasteiger partial charge in [-0.25, -0.2) is 0 Å². The van der Waals surface area contributed by atoms with Crippen molar-refractivity contribution in [3.8, 4) is 0 Å². The first kappa shape index (κ1) is 15.5. The first-order valence-corrected chi connectivity index (χ1v) is 7.58. The number of nitrogens with two attached hydrogens (primary N) is 1. The second-order valence-electron chi connectivity index (χ2n) is 6.25. The maximum absolute atomic E-state index is 5.93. The van der Waals surface area contributed by atoms with Crippen molar-refractivity contribution in [2.24, 2.45) is 18.8 Å². The van der Waals surface area contributed by atoms with Crippen LogP contribution in [-0.4, -0.2) is 28.5 Å². The summed E-state index contributed by atoms with van der Waals surface area (Å²) < 4.78 is 7.77. The highest BCUT2D eigenvalue weighted by Gasteiger charge is 2.41. The lowest BCUT2D eigenvalue weighted by atomic mass is 9.73. The van der Waals surface area contributed by atoms with Crippen molar-refractivity contribution in [2.75, 3.05) is 7.11 Å². The molecule has 3 atom stereocenters. The molecule has 1 saturated carbocycles. The number of hydrogen-bond donors (Lipinski definition) is 2. The van der Waals surface area contributed by atoms with Crippen molar-refractivity contribution in [3.63, 3.8) is 0 Å². The molecule has 1 heterocycles. The van der Waals surface area contributed by atoms with Gasteiger partial charge in [0.1, 0.15) is 0 Å². The fourth-order valence-corrected chi connectivity index (χ4v) is 3.60. The fraction of sp³-hybridized carbons (Fsp3) is 0.800. The number of nitrogens with zero attached hydrogens (tertiary/aromatic N) is 2. The number of hydrogen-bond acceptors (Lipinski definition) is 4. The van der Waals surface area contributed by atoms with E-state index in [-0.39, 0.29) is 11.6 Å². The Morgan fingerprint density at radius 1 is 1.65 bits per heavy atom. The minimum absolute atomic E-state index is 0.116. The van der Waals surface area contributed by atoms with Gasteiger partial charge in [0, 0.05) is 20.4 Å². The number of hydrazine groups is 1. The van der Waals surface area contributed by atoms with Gasteiger partial charge in [-0.15, -0.1) is 0 Å². The zero-order valence-corrected chi connectivity index (χ0v) is 12.9. The van der Waals surface area contributed by atoms with Gasteiger partial charge in [0.2, 0.25) is 0 Å². The summed E-state index contributed by atoms with van der Waals surface area (Å²) in [4.78, 5) is 0. The lowest BCUT2D eigenvalue weighted by Gasteiger charge is -2.44. The Morgan fingerprint density at radius 3 is 3.00 bits per heavy atom. The van der Waals surface area contributed by atoms with Gasteiger partial charge in [-0.3, -0.25) is 16.0 Å². The first-order valence-electron chi connectivity index (χ1n) is 7.58. The van der Waals surface area contributed by atoms with E-state index in [1.165, 1.54) is 18.4 Å². The van der Waals surface area contributed by atoms with Crippen LogP contribution in [0.5, 0.6) is 0 Å². The van der Waals surface area contributed by atoms with E-state index in [9.17, 15) is 0 Å². The molecule has 2 rings (SSSR count). The quantitative estimate of drug-likeness (QED) is 0.616. The molecule has 0 bridgehead atoms. The second kappa shape index (κ2) is 6.70. The Balaban J connectivity index is 2.01. The van der Waals surface area contributed by atoms with Gasteiger partial charge in [-0.1, -0.05) is 19.8 Å². The normalized spacial score (nSPS) is 28.5. The van der Waals surface area contributed by atoms with Crippen molar-refractivity contribution in [2.45, 2.75) is 57.1 Å². The number of aryl methyl sites for hydroxylation is 2. The number of ether oxygens (including phenoxy) is 1. The van der Waals surface area contributed by atoms with Crippen molar-refractivity contribution in [3.05, 3.63) is 18.0 Å². The molecule has 114 valence electrons. The van der Waals surface area contributed by atoms with Crippen LogP contribution in [0.4, 0.5) is 0 Å². The molecule has 1 aromatic rings. The summed E-state index contributed by atoms with van der Waals surface area (Å²) >= 11 is 0. The standard InChI is InChI=1S/C15H28N4O/c1-12-5-4-8-15(9-12,20-3)14(18-16)7-6-13-10-17-19(2)11-13/h10-12,14,18H,4-9,16H2,1-3H3. The summed E-state index contributed by atoms with van der Waals surface area (Å²) in [6.45, 7) is 2.31. The van der Waals surface area contributed by atoms with Crippen molar-refractivity contribution in [1.29, 1.82) is 0 Å². The van der Waals surface area contributed by atoms with Crippen molar-refractivity contribution in [1.82, 2.24) is 15.2 Å². The molecule has 20 heavy (non-hydrogen) atoms.